The van der Waals surface area contributed by atoms with Gasteiger partial charge in [0.1, 0.15) is 5.75 Å². The van der Waals surface area contributed by atoms with Gasteiger partial charge in [-0.1, -0.05) is 12.1 Å². The Labute approximate surface area is 86.8 Å². The standard InChI is InChI=1S/C11H12O4/c12-9-3-1-2-7-6-11(15,10(13)14)5-4-8(7)9/h1-3,12,15H,4-6H2,(H,13,14). The molecule has 3 N–H and O–H groups in total. The maximum Gasteiger partial charge on any atom is 0.336 e. The van der Waals surface area contributed by atoms with Gasteiger partial charge >= 0.3 is 5.97 Å². The number of fused-ring (bicyclic) bond motifs is 1. The zero-order valence-electron chi connectivity index (χ0n) is 8.10. The quantitative estimate of drug-likeness (QED) is 0.634. The Kier molecular flexibility index (Phi) is 2.16. The van der Waals surface area contributed by atoms with E-state index >= 15 is 0 Å². The third-order valence-corrected chi connectivity index (χ3v) is 2.92. The Morgan fingerprint density at radius 2 is 2.13 bits per heavy atom. The van der Waals surface area contributed by atoms with E-state index in [1.807, 2.05) is 0 Å². The number of carbonyl (C=O) groups is 1. The van der Waals surface area contributed by atoms with E-state index in [4.69, 9.17) is 5.11 Å². The largest absolute Gasteiger partial charge is 0.508 e. The molecule has 0 bridgehead atoms. The molecule has 0 saturated heterocycles. The van der Waals surface area contributed by atoms with Gasteiger partial charge in [0.05, 0.1) is 0 Å². The summed E-state index contributed by atoms with van der Waals surface area (Å²) >= 11 is 0. The van der Waals surface area contributed by atoms with Crippen LogP contribution in [0.3, 0.4) is 0 Å². The van der Waals surface area contributed by atoms with E-state index in [1.165, 1.54) is 0 Å². The number of phenolic OH excluding ortho intramolecular Hbond substituents is 1. The van der Waals surface area contributed by atoms with Crippen molar-refractivity contribution in [2.45, 2.75) is 24.9 Å². The molecule has 1 aliphatic rings. The molecule has 80 valence electrons. The molecule has 0 aromatic heterocycles. The van der Waals surface area contributed by atoms with Crippen LogP contribution in [0.5, 0.6) is 5.75 Å². The molecule has 1 aromatic carbocycles. The molecule has 0 radical (unpaired) electrons. The molecule has 1 atom stereocenters. The summed E-state index contributed by atoms with van der Waals surface area (Å²) in [5.74, 6) is -1.02. The van der Waals surface area contributed by atoms with Gasteiger partial charge in [-0.2, -0.15) is 0 Å². The Morgan fingerprint density at radius 1 is 1.40 bits per heavy atom. The van der Waals surface area contributed by atoms with Crippen molar-refractivity contribution in [2.24, 2.45) is 0 Å². The SMILES string of the molecule is O=C(O)C1(O)CCc2c(O)cccc2C1. The highest BCUT2D eigenvalue weighted by Gasteiger charge is 2.39. The van der Waals surface area contributed by atoms with Crippen molar-refractivity contribution in [1.29, 1.82) is 0 Å². The lowest BCUT2D eigenvalue weighted by atomic mass is 9.80. The van der Waals surface area contributed by atoms with Crippen molar-refractivity contribution in [1.82, 2.24) is 0 Å². The van der Waals surface area contributed by atoms with Crippen LogP contribution >= 0.6 is 0 Å². The number of hydrogen-bond acceptors (Lipinski definition) is 3. The number of hydrogen-bond donors (Lipinski definition) is 3. The molecule has 0 fully saturated rings. The summed E-state index contributed by atoms with van der Waals surface area (Å²) in [5, 5.41) is 28.2. The molecule has 1 unspecified atom stereocenters. The molecule has 1 aliphatic carbocycles. The highest BCUT2D eigenvalue weighted by Crippen LogP contribution is 2.33. The molecule has 4 nitrogen and oxygen atoms in total. The van der Waals surface area contributed by atoms with E-state index in [0.717, 1.165) is 5.56 Å². The van der Waals surface area contributed by atoms with Crippen LogP contribution in [-0.2, 0) is 17.6 Å². The average Bonchev–Trinajstić information content (AvgIpc) is 2.17. The Bertz CT molecular complexity index is 413. The third kappa shape index (κ3) is 1.57. The van der Waals surface area contributed by atoms with Gasteiger partial charge in [0.2, 0.25) is 0 Å². The zero-order valence-corrected chi connectivity index (χ0v) is 8.10. The van der Waals surface area contributed by atoms with Crippen molar-refractivity contribution < 1.29 is 20.1 Å². The first-order chi connectivity index (χ1) is 7.03. The lowest BCUT2D eigenvalue weighted by Gasteiger charge is -2.29. The minimum atomic E-state index is -1.68. The fourth-order valence-electron chi connectivity index (χ4n) is 1.99. The van der Waals surface area contributed by atoms with E-state index in [2.05, 4.69) is 0 Å². The number of rotatable bonds is 1. The second-order valence-corrected chi connectivity index (χ2v) is 3.93. The van der Waals surface area contributed by atoms with Crippen LogP contribution in [0.1, 0.15) is 17.5 Å². The average molecular weight is 208 g/mol. The summed E-state index contributed by atoms with van der Waals surface area (Å²) in [6.07, 6.45) is 0.601. The number of aliphatic hydroxyl groups is 1. The van der Waals surface area contributed by atoms with Crippen LogP contribution in [0.2, 0.25) is 0 Å². The van der Waals surface area contributed by atoms with Crippen molar-refractivity contribution in [2.75, 3.05) is 0 Å². The van der Waals surface area contributed by atoms with Gasteiger partial charge in [-0.3, -0.25) is 0 Å². The van der Waals surface area contributed by atoms with Gasteiger partial charge in [0, 0.05) is 6.42 Å². The minimum absolute atomic E-state index is 0.0616. The van der Waals surface area contributed by atoms with Crippen LogP contribution < -0.4 is 0 Å². The van der Waals surface area contributed by atoms with Gasteiger partial charge in [0.25, 0.3) is 0 Å². The molecule has 2 rings (SSSR count). The summed E-state index contributed by atoms with van der Waals surface area (Å²) in [6.45, 7) is 0. The second-order valence-electron chi connectivity index (χ2n) is 3.93. The molecular formula is C11H12O4. The monoisotopic (exact) mass is 208 g/mol. The fraction of sp³-hybridized carbons (Fsp3) is 0.364. The Balaban J connectivity index is 2.39. The van der Waals surface area contributed by atoms with Crippen LogP contribution in [0, 0.1) is 0 Å². The highest BCUT2D eigenvalue weighted by atomic mass is 16.4. The maximum absolute atomic E-state index is 10.9. The first-order valence-corrected chi connectivity index (χ1v) is 4.78. The predicted octanol–water partition coefficient (Wildman–Crippen LogP) is 0.697. The van der Waals surface area contributed by atoms with Crippen molar-refractivity contribution in [3.8, 4) is 5.75 Å². The Morgan fingerprint density at radius 3 is 2.80 bits per heavy atom. The molecule has 1 aromatic rings. The molecule has 15 heavy (non-hydrogen) atoms. The molecule has 0 heterocycles. The number of carboxylic acids is 1. The number of aliphatic carboxylic acids is 1. The van der Waals surface area contributed by atoms with E-state index < -0.39 is 11.6 Å². The summed E-state index contributed by atoms with van der Waals surface area (Å²) in [6, 6.07) is 4.97. The number of carboxylic acid groups (broad SMARTS) is 1. The molecule has 0 spiro atoms. The highest BCUT2D eigenvalue weighted by molar-refractivity contribution is 5.78. The van der Waals surface area contributed by atoms with Gasteiger partial charge in [-0.25, -0.2) is 4.79 Å². The summed E-state index contributed by atoms with van der Waals surface area (Å²) in [5.41, 5.74) is -0.213. The van der Waals surface area contributed by atoms with Crippen LogP contribution in [0.15, 0.2) is 18.2 Å². The smallest absolute Gasteiger partial charge is 0.336 e. The predicted molar refractivity (Wildman–Crippen MR) is 52.7 cm³/mol. The summed E-state index contributed by atoms with van der Waals surface area (Å²) < 4.78 is 0. The third-order valence-electron chi connectivity index (χ3n) is 2.92. The molecular weight excluding hydrogens is 196 g/mol. The first kappa shape index (κ1) is 9.98. The lowest BCUT2D eigenvalue weighted by Crippen LogP contribution is -2.43. The van der Waals surface area contributed by atoms with E-state index in [9.17, 15) is 15.0 Å². The number of aromatic hydroxyl groups is 1. The molecule has 4 heteroatoms. The lowest BCUT2D eigenvalue weighted by molar-refractivity contribution is -0.159. The van der Waals surface area contributed by atoms with Gasteiger partial charge < -0.3 is 15.3 Å². The van der Waals surface area contributed by atoms with Crippen LogP contribution in [0.25, 0.3) is 0 Å². The van der Waals surface area contributed by atoms with Crippen LogP contribution in [-0.4, -0.2) is 26.9 Å². The number of phenols is 1. The van der Waals surface area contributed by atoms with E-state index in [0.29, 0.717) is 12.0 Å². The Hall–Kier alpha value is -1.55. The summed E-state index contributed by atoms with van der Waals surface area (Å²) in [7, 11) is 0. The van der Waals surface area contributed by atoms with Gasteiger partial charge in [-0.15, -0.1) is 0 Å². The molecule has 0 saturated carbocycles. The van der Waals surface area contributed by atoms with Crippen molar-refractivity contribution in [3.05, 3.63) is 29.3 Å². The van der Waals surface area contributed by atoms with Crippen molar-refractivity contribution >= 4 is 5.97 Å². The van der Waals surface area contributed by atoms with Crippen molar-refractivity contribution in [3.63, 3.8) is 0 Å². The van der Waals surface area contributed by atoms with Crippen LogP contribution in [0.4, 0.5) is 0 Å². The topological polar surface area (TPSA) is 77.8 Å². The van der Waals surface area contributed by atoms with E-state index in [1.54, 1.807) is 18.2 Å². The summed E-state index contributed by atoms with van der Waals surface area (Å²) in [4.78, 5) is 10.9. The van der Waals surface area contributed by atoms with Gasteiger partial charge in [-0.05, 0) is 30.0 Å². The normalized spacial score (nSPS) is 24.6. The maximum atomic E-state index is 10.9. The molecule has 0 aliphatic heterocycles. The fourth-order valence-corrected chi connectivity index (χ4v) is 1.99. The second kappa shape index (κ2) is 3.24. The molecule has 0 amide bonds. The van der Waals surface area contributed by atoms with Gasteiger partial charge in [0.15, 0.2) is 5.60 Å². The zero-order chi connectivity index (χ0) is 11.1. The first-order valence-electron chi connectivity index (χ1n) is 4.78. The van der Waals surface area contributed by atoms with E-state index in [-0.39, 0.29) is 18.6 Å². The minimum Gasteiger partial charge on any atom is -0.508 e. The number of benzene rings is 1.